The highest BCUT2D eigenvalue weighted by atomic mass is 79.9. The molecule has 0 aromatic heterocycles. The molecule has 2 N–H and O–H groups in total. The molecule has 4 nitrogen and oxygen atoms in total. The fourth-order valence-electron chi connectivity index (χ4n) is 2.48. The predicted molar refractivity (Wildman–Crippen MR) is 89.1 cm³/mol. The standard InChI is InChI=1S/C16H23BrN2O2/c1-15(2,3)10-16(4,5)19-14(21)13(20)18-12-9-7-6-8-11(12)17/h6-9H,10H2,1-5H3,(H,18,20)(H,19,21). The van der Waals surface area contributed by atoms with Crippen molar-refractivity contribution in [2.75, 3.05) is 5.32 Å². The Balaban J connectivity index is 2.67. The molecule has 1 aromatic carbocycles. The van der Waals surface area contributed by atoms with Crippen LogP contribution in [-0.4, -0.2) is 17.4 Å². The van der Waals surface area contributed by atoms with Gasteiger partial charge in [-0.2, -0.15) is 0 Å². The number of para-hydroxylation sites is 1. The number of benzene rings is 1. The van der Waals surface area contributed by atoms with Gasteiger partial charge in [0, 0.05) is 10.0 Å². The molecule has 0 aliphatic carbocycles. The van der Waals surface area contributed by atoms with Crippen LogP contribution in [0.4, 0.5) is 5.69 Å². The average molecular weight is 355 g/mol. The molecule has 0 aliphatic rings. The molecule has 0 aliphatic heterocycles. The third-order valence-electron chi connectivity index (χ3n) is 2.75. The van der Waals surface area contributed by atoms with E-state index in [9.17, 15) is 9.59 Å². The summed E-state index contributed by atoms with van der Waals surface area (Å²) in [6.07, 6.45) is 0.772. The van der Waals surface area contributed by atoms with E-state index >= 15 is 0 Å². The van der Waals surface area contributed by atoms with E-state index in [1.165, 1.54) is 0 Å². The first-order chi connectivity index (χ1) is 9.50. The fourth-order valence-corrected chi connectivity index (χ4v) is 2.86. The van der Waals surface area contributed by atoms with Crippen LogP contribution >= 0.6 is 15.9 Å². The van der Waals surface area contributed by atoms with E-state index in [1.807, 2.05) is 19.9 Å². The van der Waals surface area contributed by atoms with Gasteiger partial charge in [-0.1, -0.05) is 32.9 Å². The van der Waals surface area contributed by atoms with Gasteiger partial charge in [-0.15, -0.1) is 0 Å². The van der Waals surface area contributed by atoms with Crippen molar-refractivity contribution in [1.82, 2.24) is 5.32 Å². The third kappa shape index (κ3) is 6.29. The van der Waals surface area contributed by atoms with Gasteiger partial charge < -0.3 is 10.6 Å². The number of carbonyl (C=O) groups is 2. The minimum absolute atomic E-state index is 0.0652. The van der Waals surface area contributed by atoms with Crippen LogP contribution in [-0.2, 0) is 9.59 Å². The molecule has 1 aromatic rings. The zero-order valence-electron chi connectivity index (χ0n) is 13.2. The molecule has 0 atom stereocenters. The maximum absolute atomic E-state index is 12.0. The van der Waals surface area contributed by atoms with E-state index in [4.69, 9.17) is 0 Å². The van der Waals surface area contributed by atoms with E-state index in [2.05, 4.69) is 47.3 Å². The molecule has 21 heavy (non-hydrogen) atoms. The number of anilines is 1. The van der Waals surface area contributed by atoms with Crippen molar-refractivity contribution in [1.29, 1.82) is 0 Å². The lowest BCUT2D eigenvalue weighted by Gasteiger charge is -2.33. The molecule has 1 rings (SSSR count). The van der Waals surface area contributed by atoms with Crippen LogP contribution in [0.3, 0.4) is 0 Å². The van der Waals surface area contributed by atoms with Gasteiger partial charge in [0.25, 0.3) is 0 Å². The Labute approximate surface area is 134 Å². The zero-order chi connectivity index (χ0) is 16.3. The Morgan fingerprint density at radius 3 is 2.14 bits per heavy atom. The Bertz CT molecular complexity index is 533. The molecule has 0 heterocycles. The molecule has 0 saturated heterocycles. The number of nitrogens with one attached hydrogen (secondary N) is 2. The third-order valence-corrected chi connectivity index (χ3v) is 3.44. The summed E-state index contributed by atoms with van der Waals surface area (Å²) < 4.78 is 0.736. The summed E-state index contributed by atoms with van der Waals surface area (Å²) in [7, 11) is 0. The van der Waals surface area contributed by atoms with Crippen molar-refractivity contribution < 1.29 is 9.59 Å². The van der Waals surface area contributed by atoms with Crippen LogP contribution in [0.15, 0.2) is 28.7 Å². The number of carbonyl (C=O) groups excluding carboxylic acids is 2. The first-order valence-corrected chi connectivity index (χ1v) is 7.67. The van der Waals surface area contributed by atoms with Crippen molar-refractivity contribution in [2.24, 2.45) is 5.41 Å². The van der Waals surface area contributed by atoms with E-state index in [-0.39, 0.29) is 5.41 Å². The molecule has 0 radical (unpaired) electrons. The summed E-state index contributed by atoms with van der Waals surface area (Å²) >= 11 is 3.33. The Morgan fingerprint density at radius 2 is 1.62 bits per heavy atom. The summed E-state index contributed by atoms with van der Waals surface area (Å²) in [6.45, 7) is 10.1. The topological polar surface area (TPSA) is 58.2 Å². The van der Waals surface area contributed by atoms with Gasteiger partial charge in [0.05, 0.1) is 5.69 Å². The number of amides is 2. The van der Waals surface area contributed by atoms with Gasteiger partial charge in [-0.05, 0) is 53.7 Å². The Kier molecular flexibility index (Phi) is 5.56. The van der Waals surface area contributed by atoms with Crippen molar-refractivity contribution in [3.63, 3.8) is 0 Å². The van der Waals surface area contributed by atoms with Crippen molar-refractivity contribution in [3.8, 4) is 0 Å². The highest BCUT2D eigenvalue weighted by Crippen LogP contribution is 2.27. The highest BCUT2D eigenvalue weighted by Gasteiger charge is 2.29. The van der Waals surface area contributed by atoms with Gasteiger partial charge in [0.2, 0.25) is 0 Å². The smallest absolute Gasteiger partial charge is 0.313 e. The van der Waals surface area contributed by atoms with Gasteiger partial charge in [0.1, 0.15) is 0 Å². The average Bonchev–Trinajstić information content (AvgIpc) is 2.28. The molecule has 2 amide bonds. The second-order valence-corrected chi connectivity index (χ2v) is 7.86. The molecule has 5 heteroatoms. The quantitative estimate of drug-likeness (QED) is 0.812. The van der Waals surface area contributed by atoms with E-state index in [0.29, 0.717) is 5.69 Å². The summed E-state index contributed by atoms with van der Waals surface area (Å²) in [5.41, 5.74) is 0.197. The first kappa shape index (κ1) is 17.7. The summed E-state index contributed by atoms with van der Waals surface area (Å²) in [5, 5.41) is 5.38. The number of halogens is 1. The van der Waals surface area contributed by atoms with E-state index in [1.54, 1.807) is 18.2 Å². The SMILES string of the molecule is CC(C)(C)CC(C)(C)NC(=O)C(=O)Nc1ccccc1Br. The van der Waals surface area contributed by atoms with Crippen molar-refractivity contribution in [2.45, 2.75) is 46.6 Å². The monoisotopic (exact) mass is 354 g/mol. The van der Waals surface area contributed by atoms with E-state index < -0.39 is 17.4 Å². The lowest BCUT2D eigenvalue weighted by atomic mass is 9.82. The molecule has 116 valence electrons. The largest absolute Gasteiger partial charge is 0.343 e. The second kappa shape index (κ2) is 6.60. The van der Waals surface area contributed by atoms with Crippen LogP contribution in [0.5, 0.6) is 0 Å². The summed E-state index contributed by atoms with van der Waals surface area (Å²) in [6, 6.07) is 7.17. The van der Waals surface area contributed by atoms with Crippen molar-refractivity contribution in [3.05, 3.63) is 28.7 Å². The Morgan fingerprint density at radius 1 is 1.05 bits per heavy atom. The molecule has 0 fully saturated rings. The normalized spacial score (nSPS) is 11.9. The van der Waals surface area contributed by atoms with Crippen LogP contribution < -0.4 is 10.6 Å². The Hall–Kier alpha value is -1.36. The zero-order valence-corrected chi connectivity index (χ0v) is 14.8. The van der Waals surface area contributed by atoms with Crippen LogP contribution in [0, 0.1) is 5.41 Å². The van der Waals surface area contributed by atoms with Gasteiger partial charge in [-0.3, -0.25) is 9.59 Å². The second-order valence-electron chi connectivity index (χ2n) is 7.01. The summed E-state index contributed by atoms with van der Waals surface area (Å²) in [4.78, 5) is 24.0. The van der Waals surface area contributed by atoms with Crippen molar-refractivity contribution >= 4 is 33.4 Å². The van der Waals surface area contributed by atoms with Crippen LogP contribution in [0.2, 0.25) is 0 Å². The highest BCUT2D eigenvalue weighted by molar-refractivity contribution is 9.10. The minimum atomic E-state index is -0.663. The number of rotatable bonds is 3. The van der Waals surface area contributed by atoms with Gasteiger partial charge >= 0.3 is 11.8 Å². The minimum Gasteiger partial charge on any atom is -0.343 e. The summed E-state index contributed by atoms with van der Waals surface area (Å²) in [5.74, 6) is -1.29. The number of hydrogen-bond acceptors (Lipinski definition) is 2. The molecule has 0 unspecified atom stereocenters. The van der Waals surface area contributed by atoms with Crippen LogP contribution in [0.25, 0.3) is 0 Å². The lowest BCUT2D eigenvalue weighted by Crippen LogP contribution is -2.49. The lowest BCUT2D eigenvalue weighted by molar-refractivity contribution is -0.137. The van der Waals surface area contributed by atoms with E-state index in [0.717, 1.165) is 10.9 Å². The molecule has 0 saturated carbocycles. The number of hydrogen-bond donors (Lipinski definition) is 2. The maximum Gasteiger partial charge on any atom is 0.313 e. The molecular formula is C16H23BrN2O2. The molecule has 0 bridgehead atoms. The van der Waals surface area contributed by atoms with Gasteiger partial charge in [-0.25, -0.2) is 0 Å². The first-order valence-electron chi connectivity index (χ1n) is 6.88. The maximum atomic E-state index is 12.0. The molecule has 0 spiro atoms. The van der Waals surface area contributed by atoms with Gasteiger partial charge in [0.15, 0.2) is 0 Å². The molecular weight excluding hydrogens is 332 g/mol. The fraction of sp³-hybridized carbons (Fsp3) is 0.500. The predicted octanol–water partition coefficient (Wildman–Crippen LogP) is 3.72. The van der Waals surface area contributed by atoms with Crippen LogP contribution in [0.1, 0.15) is 41.0 Å².